The second-order valence-corrected chi connectivity index (χ2v) is 10.5. The molecular weight excluding hydrogens is 412 g/mol. The van der Waals surface area contributed by atoms with Gasteiger partial charge in [-0.3, -0.25) is 9.59 Å². The van der Waals surface area contributed by atoms with Crippen molar-refractivity contribution < 1.29 is 34.4 Å². The number of Topliss-reactive ketones (excluding diaryl/α,β-unsaturated/α-hetero) is 1. The molecule has 5 aliphatic rings. The van der Waals surface area contributed by atoms with Gasteiger partial charge in [-0.15, -0.1) is 0 Å². The van der Waals surface area contributed by atoms with Crippen molar-refractivity contribution in [1.82, 2.24) is 0 Å². The summed E-state index contributed by atoms with van der Waals surface area (Å²) in [6, 6.07) is 0. The number of ketones is 2. The number of carbonyl (C=O) groups is 2. The van der Waals surface area contributed by atoms with Crippen molar-refractivity contribution in [3.8, 4) is 0 Å². The summed E-state index contributed by atoms with van der Waals surface area (Å²) < 4.78 is 12.3. The Kier molecular flexibility index (Phi) is 4.97. The van der Waals surface area contributed by atoms with Crippen LogP contribution in [0.25, 0.3) is 0 Å². The smallest absolute Gasteiger partial charge is 0.193 e. The van der Waals surface area contributed by atoms with Gasteiger partial charge in [0.15, 0.2) is 23.5 Å². The molecule has 0 aromatic heterocycles. The molecule has 0 aromatic rings. The van der Waals surface area contributed by atoms with Crippen LogP contribution in [0, 0.1) is 28.6 Å². The number of aliphatic hydroxyl groups excluding tert-OH is 3. The van der Waals surface area contributed by atoms with E-state index in [9.17, 15) is 24.9 Å². The average Bonchev–Trinajstić information content (AvgIpc) is 3.26. The van der Waals surface area contributed by atoms with Crippen LogP contribution in [0.5, 0.6) is 0 Å². The number of rotatable bonds is 4. The van der Waals surface area contributed by atoms with E-state index in [1.807, 2.05) is 26.0 Å². The van der Waals surface area contributed by atoms with Gasteiger partial charge in [-0.1, -0.05) is 39.0 Å². The van der Waals surface area contributed by atoms with Gasteiger partial charge in [-0.05, 0) is 48.8 Å². The van der Waals surface area contributed by atoms with Crippen molar-refractivity contribution in [3.05, 3.63) is 36.0 Å². The highest BCUT2D eigenvalue weighted by Crippen LogP contribution is 2.68. The zero-order valence-electron chi connectivity index (χ0n) is 18.7. The molecule has 5 rings (SSSR count). The standard InChI is InChI=1S/C25H32O7/c1-4-17(28)22-31-20-10-16-15-6-5-13-9-14(27)7-8-23(13,2)21(15)18(29)11-24(16,3)25(20,32-22)19(30)12-26/h5-9,15-18,20-22,26,28-29H,4,10-12H2,1-3H3/t15-,16-,17+,18-,20+,21+,22?,23-,24-,25+/m0/s1. The maximum Gasteiger partial charge on any atom is 0.193 e. The van der Waals surface area contributed by atoms with Gasteiger partial charge in [0, 0.05) is 16.7 Å². The molecule has 32 heavy (non-hydrogen) atoms. The first-order valence-electron chi connectivity index (χ1n) is 11.6. The third kappa shape index (κ3) is 2.60. The second kappa shape index (κ2) is 7.18. The first-order chi connectivity index (χ1) is 15.1. The van der Waals surface area contributed by atoms with Crippen molar-refractivity contribution in [2.24, 2.45) is 28.6 Å². The van der Waals surface area contributed by atoms with E-state index in [1.54, 1.807) is 12.2 Å². The maximum absolute atomic E-state index is 13.2. The number of allylic oxidation sites excluding steroid dienone is 6. The molecule has 4 aliphatic carbocycles. The molecule has 7 nitrogen and oxygen atoms in total. The van der Waals surface area contributed by atoms with Crippen molar-refractivity contribution in [2.45, 2.75) is 70.2 Å². The van der Waals surface area contributed by atoms with Crippen LogP contribution in [0.3, 0.4) is 0 Å². The van der Waals surface area contributed by atoms with Crippen LogP contribution in [-0.2, 0) is 19.1 Å². The zero-order chi connectivity index (χ0) is 23.1. The second-order valence-electron chi connectivity index (χ2n) is 10.5. The van der Waals surface area contributed by atoms with Gasteiger partial charge in [0.1, 0.15) is 12.7 Å². The monoisotopic (exact) mass is 444 g/mol. The Hall–Kier alpha value is -1.64. The number of carbonyl (C=O) groups excluding carboxylic acids is 2. The molecule has 10 atom stereocenters. The molecule has 0 amide bonds. The van der Waals surface area contributed by atoms with Crippen LogP contribution >= 0.6 is 0 Å². The summed E-state index contributed by atoms with van der Waals surface area (Å²) in [5.41, 5.74) is -1.78. The predicted octanol–water partition coefficient (Wildman–Crippen LogP) is 1.46. The quantitative estimate of drug-likeness (QED) is 0.602. The molecule has 0 aromatic carbocycles. The fourth-order valence-electron chi connectivity index (χ4n) is 7.54. The SMILES string of the molecule is CC[C@@H](O)C1O[C@@H]2C[C@H]3[C@@H]4C=CC5=CC(=O)C=C[C@]5(C)[C@H]4[C@@H](O)C[C@]3(C)[C@]2(C(=O)CO)O1. The Morgan fingerprint density at radius 2 is 2.06 bits per heavy atom. The lowest BCUT2D eigenvalue weighted by Gasteiger charge is -2.58. The van der Waals surface area contributed by atoms with Crippen LogP contribution in [0.15, 0.2) is 36.0 Å². The van der Waals surface area contributed by atoms with Crippen LogP contribution in [-0.4, -0.2) is 63.7 Å². The van der Waals surface area contributed by atoms with Gasteiger partial charge in [-0.2, -0.15) is 0 Å². The molecule has 1 saturated heterocycles. The lowest BCUT2D eigenvalue weighted by molar-refractivity contribution is -0.210. The summed E-state index contributed by atoms with van der Waals surface area (Å²) in [6.07, 6.45) is 7.23. The van der Waals surface area contributed by atoms with Gasteiger partial charge >= 0.3 is 0 Å². The Balaban J connectivity index is 1.59. The summed E-state index contributed by atoms with van der Waals surface area (Å²) in [4.78, 5) is 25.2. The minimum atomic E-state index is -1.41. The largest absolute Gasteiger partial charge is 0.393 e. The normalized spacial score (nSPS) is 49.7. The van der Waals surface area contributed by atoms with E-state index < -0.39 is 53.4 Å². The first-order valence-corrected chi connectivity index (χ1v) is 11.6. The molecule has 3 fully saturated rings. The number of fused-ring (bicyclic) bond motifs is 7. The van der Waals surface area contributed by atoms with Crippen molar-refractivity contribution in [2.75, 3.05) is 6.61 Å². The molecule has 0 bridgehead atoms. The number of ether oxygens (including phenoxy) is 2. The van der Waals surface area contributed by atoms with Crippen molar-refractivity contribution in [3.63, 3.8) is 0 Å². The Bertz CT molecular complexity index is 937. The fourth-order valence-corrected chi connectivity index (χ4v) is 7.54. The molecular formula is C25H32O7. The highest BCUT2D eigenvalue weighted by atomic mass is 16.8. The minimum Gasteiger partial charge on any atom is -0.393 e. The summed E-state index contributed by atoms with van der Waals surface area (Å²) in [7, 11) is 0. The first kappa shape index (κ1) is 22.2. The van der Waals surface area contributed by atoms with E-state index >= 15 is 0 Å². The number of aliphatic hydroxyl groups is 3. The van der Waals surface area contributed by atoms with Crippen LogP contribution in [0.2, 0.25) is 0 Å². The van der Waals surface area contributed by atoms with Crippen LogP contribution in [0.1, 0.15) is 40.0 Å². The molecule has 3 N–H and O–H groups in total. The van der Waals surface area contributed by atoms with Crippen LogP contribution in [0.4, 0.5) is 0 Å². The zero-order valence-corrected chi connectivity index (χ0v) is 18.7. The molecule has 1 aliphatic heterocycles. The number of hydrogen-bond donors (Lipinski definition) is 3. The number of hydrogen-bond acceptors (Lipinski definition) is 7. The fraction of sp³-hybridized carbons (Fsp3) is 0.680. The van der Waals surface area contributed by atoms with Crippen molar-refractivity contribution >= 4 is 11.6 Å². The Morgan fingerprint density at radius 1 is 1.31 bits per heavy atom. The molecule has 174 valence electrons. The van der Waals surface area contributed by atoms with Gasteiger partial charge in [-0.25, -0.2) is 0 Å². The Labute approximate surface area is 187 Å². The summed E-state index contributed by atoms with van der Waals surface area (Å²) in [6.45, 7) is 5.13. The van der Waals surface area contributed by atoms with E-state index in [4.69, 9.17) is 9.47 Å². The van der Waals surface area contributed by atoms with E-state index in [-0.39, 0.29) is 23.5 Å². The average molecular weight is 445 g/mol. The molecule has 7 heteroatoms. The molecule has 1 unspecified atom stereocenters. The van der Waals surface area contributed by atoms with Gasteiger partial charge < -0.3 is 24.8 Å². The Morgan fingerprint density at radius 3 is 2.75 bits per heavy atom. The molecule has 1 heterocycles. The van der Waals surface area contributed by atoms with Gasteiger partial charge in [0.25, 0.3) is 0 Å². The topological polar surface area (TPSA) is 113 Å². The van der Waals surface area contributed by atoms with Gasteiger partial charge in [0.2, 0.25) is 0 Å². The van der Waals surface area contributed by atoms with E-state index in [0.717, 1.165) is 5.57 Å². The predicted molar refractivity (Wildman–Crippen MR) is 114 cm³/mol. The summed E-state index contributed by atoms with van der Waals surface area (Å²) in [5.74, 6) is -0.755. The third-order valence-electron chi connectivity index (χ3n) is 9.11. The molecule has 0 radical (unpaired) electrons. The lowest BCUT2D eigenvalue weighted by atomic mass is 9.48. The lowest BCUT2D eigenvalue weighted by Crippen LogP contribution is -2.63. The molecule has 2 saturated carbocycles. The van der Waals surface area contributed by atoms with E-state index in [1.165, 1.54) is 0 Å². The van der Waals surface area contributed by atoms with Gasteiger partial charge in [0.05, 0.1) is 12.2 Å². The molecule has 0 spiro atoms. The summed E-state index contributed by atoms with van der Waals surface area (Å²) in [5, 5.41) is 31.7. The van der Waals surface area contributed by atoms with Crippen LogP contribution < -0.4 is 0 Å². The van der Waals surface area contributed by atoms with Crippen molar-refractivity contribution in [1.29, 1.82) is 0 Å². The third-order valence-corrected chi connectivity index (χ3v) is 9.11. The highest BCUT2D eigenvalue weighted by Gasteiger charge is 2.75. The summed E-state index contributed by atoms with van der Waals surface area (Å²) >= 11 is 0. The maximum atomic E-state index is 13.2. The van der Waals surface area contributed by atoms with E-state index in [0.29, 0.717) is 19.3 Å². The van der Waals surface area contributed by atoms with E-state index in [2.05, 4.69) is 13.0 Å². The highest BCUT2D eigenvalue weighted by molar-refractivity contribution is 6.01. The minimum absolute atomic E-state index is 0.0308.